The molecule has 0 spiro atoms. The van der Waals surface area contributed by atoms with Gasteiger partial charge in [0.25, 0.3) is 5.56 Å². The second-order valence-electron chi connectivity index (χ2n) is 6.98. The number of carbonyl (C=O) groups is 1. The van der Waals surface area contributed by atoms with E-state index in [2.05, 4.69) is 10.3 Å². The van der Waals surface area contributed by atoms with E-state index >= 15 is 0 Å². The molecule has 144 valence electrons. The summed E-state index contributed by atoms with van der Waals surface area (Å²) in [6.45, 7) is 3.76. The van der Waals surface area contributed by atoms with Gasteiger partial charge in [0.05, 0.1) is 23.3 Å². The fourth-order valence-corrected chi connectivity index (χ4v) is 3.97. The monoisotopic (exact) mass is 396 g/mol. The number of nitrogens with zero attached hydrogens (tertiary/aromatic N) is 3. The van der Waals surface area contributed by atoms with E-state index in [1.807, 2.05) is 43.3 Å². The number of rotatable bonds is 3. The van der Waals surface area contributed by atoms with Crippen molar-refractivity contribution in [3.05, 3.63) is 75.3 Å². The largest absolute Gasteiger partial charge is 0.331 e. The van der Waals surface area contributed by atoms with Gasteiger partial charge in [0.2, 0.25) is 5.91 Å². The molecule has 7 heteroatoms. The molecule has 0 radical (unpaired) electrons. The second kappa shape index (κ2) is 7.73. The van der Waals surface area contributed by atoms with E-state index in [0.29, 0.717) is 35.6 Å². The molecule has 1 saturated heterocycles. The molecule has 6 nitrogen and oxygen atoms in total. The summed E-state index contributed by atoms with van der Waals surface area (Å²) in [5, 5.41) is 4.48. The van der Waals surface area contributed by atoms with E-state index in [4.69, 9.17) is 11.6 Å². The average molecular weight is 397 g/mol. The van der Waals surface area contributed by atoms with Gasteiger partial charge >= 0.3 is 0 Å². The van der Waals surface area contributed by atoms with Crippen LogP contribution in [0.1, 0.15) is 17.2 Å². The number of fused-ring (bicyclic) bond motifs is 1. The Hall–Kier alpha value is -2.70. The number of nitrogens with one attached hydrogen (secondary N) is 1. The van der Waals surface area contributed by atoms with Gasteiger partial charge in [0.15, 0.2) is 0 Å². The van der Waals surface area contributed by atoms with Crippen molar-refractivity contribution in [2.75, 3.05) is 19.6 Å². The molecule has 2 aromatic carbocycles. The van der Waals surface area contributed by atoms with Gasteiger partial charge < -0.3 is 10.2 Å². The maximum atomic E-state index is 13.1. The van der Waals surface area contributed by atoms with E-state index in [9.17, 15) is 9.59 Å². The molecular formula is C21H21ClN4O2. The van der Waals surface area contributed by atoms with Crippen molar-refractivity contribution < 1.29 is 4.79 Å². The van der Waals surface area contributed by atoms with E-state index < -0.39 is 0 Å². The summed E-state index contributed by atoms with van der Waals surface area (Å²) in [5.41, 5.74) is 2.32. The average Bonchev–Trinajstić information content (AvgIpc) is 2.71. The van der Waals surface area contributed by atoms with Crippen molar-refractivity contribution >= 4 is 28.4 Å². The maximum absolute atomic E-state index is 13.1. The molecule has 0 saturated carbocycles. The van der Waals surface area contributed by atoms with Gasteiger partial charge in [-0.2, -0.15) is 0 Å². The summed E-state index contributed by atoms with van der Waals surface area (Å²) in [6.07, 6.45) is 1.46. The molecule has 1 atom stereocenters. The number of para-hydroxylation sites is 1. The lowest BCUT2D eigenvalue weighted by atomic mass is 10.0. The molecule has 4 rings (SSSR count). The Morgan fingerprint density at radius 1 is 1.25 bits per heavy atom. The second-order valence-corrected chi connectivity index (χ2v) is 7.38. The lowest BCUT2D eigenvalue weighted by Gasteiger charge is -2.37. The quantitative estimate of drug-likeness (QED) is 0.738. The molecule has 1 unspecified atom stereocenters. The smallest absolute Gasteiger partial charge is 0.261 e. The number of benzene rings is 2. The zero-order valence-corrected chi connectivity index (χ0v) is 16.3. The number of carbonyl (C=O) groups excluding carboxylic acids is 1. The third-order valence-electron chi connectivity index (χ3n) is 5.19. The molecule has 3 aromatic rings. The first-order valence-corrected chi connectivity index (χ1v) is 9.63. The van der Waals surface area contributed by atoms with Crippen molar-refractivity contribution in [2.24, 2.45) is 0 Å². The SMILES string of the molecule is Cc1cccc2c(=O)n(CC(=O)N3CCNCC3c3ccccc3Cl)cnc12. The van der Waals surface area contributed by atoms with Crippen LogP contribution in [0, 0.1) is 6.92 Å². The lowest BCUT2D eigenvalue weighted by Crippen LogP contribution is -2.50. The lowest BCUT2D eigenvalue weighted by molar-refractivity contribution is -0.135. The molecule has 1 fully saturated rings. The minimum Gasteiger partial charge on any atom is -0.331 e. The van der Waals surface area contributed by atoms with E-state index in [0.717, 1.165) is 11.1 Å². The fourth-order valence-electron chi connectivity index (χ4n) is 3.71. The van der Waals surface area contributed by atoms with Crippen molar-refractivity contribution in [3.8, 4) is 0 Å². The number of aryl methyl sites for hydroxylation is 1. The topological polar surface area (TPSA) is 67.2 Å². The van der Waals surface area contributed by atoms with Crippen LogP contribution in [0.4, 0.5) is 0 Å². The number of hydrogen-bond acceptors (Lipinski definition) is 4. The number of hydrogen-bond donors (Lipinski definition) is 1. The van der Waals surface area contributed by atoms with Crippen molar-refractivity contribution in [3.63, 3.8) is 0 Å². The fraction of sp³-hybridized carbons (Fsp3) is 0.286. The van der Waals surface area contributed by atoms with Crippen LogP contribution in [0.5, 0.6) is 0 Å². The standard InChI is InChI=1S/C21H21ClN4O2/c1-14-5-4-7-16-20(14)24-13-25(21(16)28)12-19(27)26-10-9-23-11-18(26)15-6-2-3-8-17(15)22/h2-8,13,18,23H,9-12H2,1H3. The molecule has 1 aliphatic heterocycles. The normalized spacial score (nSPS) is 17.1. The third-order valence-corrected chi connectivity index (χ3v) is 5.53. The molecule has 0 aliphatic carbocycles. The van der Waals surface area contributed by atoms with E-state index in [-0.39, 0.29) is 24.1 Å². The van der Waals surface area contributed by atoms with Gasteiger partial charge in [0.1, 0.15) is 6.54 Å². The van der Waals surface area contributed by atoms with Gasteiger partial charge in [-0.1, -0.05) is 41.9 Å². The Labute approximate surface area is 167 Å². The highest BCUT2D eigenvalue weighted by molar-refractivity contribution is 6.31. The third kappa shape index (κ3) is 3.41. The van der Waals surface area contributed by atoms with Crippen molar-refractivity contribution in [2.45, 2.75) is 19.5 Å². The Balaban J connectivity index is 1.64. The van der Waals surface area contributed by atoms with Crippen LogP contribution >= 0.6 is 11.6 Å². The number of aromatic nitrogens is 2. The van der Waals surface area contributed by atoms with E-state index in [1.165, 1.54) is 10.9 Å². The van der Waals surface area contributed by atoms with Crippen molar-refractivity contribution in [1.82, 2.24) is 19.8 Å². The van der Waals surface area contributed by atoms with Gasteiger partial charge in [-0.3, -0.25) is 14.2 Å². The maximum Gasteiger partial charge on any atom is 0.261 e. The van der Waals surface area contributed by atoms with Gasteiger partial charge in [0, 0.05) is 24.7 Å². The molecule has 0 bridgehead atoms. The van der Waals surface area contributed by atoms with Crippen LogP contribution < -0.4 is 10.9 Å². The molecule has 1 aliphatic rings. The number of amides is 1. The summed E-state index contributed by atoms with van der Waals surface area (Å²) in [4.78, 5) is 32.1. The van der Waals surface area contributed by atoms with Gasteiger partial charge in [-0.15, -0.1) is 0 Å². The zero-order chi connectivity index (χ0) is 19.7. The Kier molecular flexibility index (Phi) is 5.15. The van der Waals surface area contributed by atoms with Crippen LogP contribution in [-0.2, 0) is 11.3 Å². The van der Waals surface area contributed by atoms with Crippen LogP contribution in [0.2, 0.25) is 5.02 Å². The summed E-state index contributed by atoms with van der Waals surface area (Å²) in [6, 6.07) is 12.9. The summed E-state index contributed by atoms with van der Waals surface area (Å²) in [5.74, 6) is -0.123. The first-order valence-electron chi connectivity index (χ1n) is 9.25. The highest BCUT2D eigenvalue weighted by Gasteiger charge is 2.29. The Morgan fingerprint density at radius 3 is 2.89 bits per heavy atom. The summed E-state index contributed by atoms with van der Waals surface area (Å²) >= 11 is 6.36. The molecular weight excluding hydrogens is 376 g/mol. The molecule has 2 heterocycles. The zero-order valence-electron chi connectivity index (χ0n) is 15.6. The predicted molar refractivity (Wildman–Crippen MR) is 110 cm³/mol. The van der Waals surface area contributed by atoms with Crippen molar-refractivity contribution in [1.29, 1.82) is 0 Å². The number of halogens is 1. The first-order chi connectivity index (χ1) is 13.6. The Bertz CT molecular complexity index is 1100. The molecule has 1 amide bonds. The minimum absolute atomic E-state index is 0.0450. The molecule has 1 N–H and O–H groups in total. The summed E-state index contributed by atoms with van der Waals surface area (Å²) < 4.78 is 1.38. The first kappa shape index (κ1) is 18.7. The van der Waals surface area contributed by atoms with E-state index in [1.54, 1.807) is 11.0 Å². The molecule has 1 aromatic heterocycles. The highest BCUT2D eigenvalue weighted by atomic mass is 35.5. The number of piperazine rings is 1. The van der Waals surface area contributed by atoms with Gasteiger partial charge in [-0.05, 0) is 30.2 Å². The van der Waals surface area contributed by atoms with Crippen LogP contribution in [0.15, 0.2) is 53.6 Å². The molecule has 28 heavy (non-hydrogen) atoms. The van der Waals surface area contributed by atoms with Gasteiger partial charge in [-0.25, -0.2) is 4.98 Å². The van der Waals surface area contributed by atoms with Crippen LogP contribution in [-0.4, -0.2) is 40.0 Å². The predicted octanol–water partition coefficient (Wildman–Crippen LogP) is 2.53. The Morgan fingerprint density at radius 2 is 2.07 bits per heavy atom. The minimum atomic E-state index is -0.202. The highest BCUT2D eigenvalue weighted by Crippen LogP contribution is 2.28. The van der Waals surface area contributed by atoms with Crippen LogP contribution in [0.3, 0.4) is 0 Å². The summed E-state index contributed by atoms with van der Waals surface area (Å²) in [7, 11) is 0. The van der Waals surface area contributed by atoms with Crippen LogP contribution in [0.25, 0.3) is 10.9 Å².